The fourth-order valence-electron chi connectivity index (χ4n) is 3.83. The highest BCUT2D eigenvalue weighted by Gasteiger charge is 2.16. The number of rotatable bonds is 25. The minimum absolute atomic E-state index is 0.0282. The molecule has 0 aliphatic heterocycles. The number of ether oxygens (including phenoxy) is 1. The topological polar surface area (TPSA) is 67.8 Å². The normalized spacial score (nSPS) is 15.0. The molecule has 0 aliphatic rings. The Kier molecular flexibility index (Phi) is 21.3. The van der Waals surface area contributed by atoms with Crippen molar-refractivity contribution < 1.29 is 27.7 Å². The van der Waals surface area contributed by atoms with Gasteiger partial charge in [0.1, 0.15) is 13.2 Å². The van der Waals surface area contributed by atoms with E-state index < -0.39 is 7.82 Å². The molecule has 0 heterocycles. The Balaban J connectivity index is 3.53. The molecule has 0 bridgehead atoms. The zero-order chi connectivity index (χ0) is 24.8. The van der Waals surface area contributed by atoms with E-state index in [1.165, 1.54) is 89.9 Å². The van der Waals surface area contributed by atoms with Gasteiger partial charge in [0.2, 0.25) is 0 Å². The van der Waals surface area contributed by atoms with Crippen molar-refractivity contribution in [2.24, 2.45) is 0 Å². The second-order valence-corrected chi connectivity index (χ2v) is 12.0. The molecule has 0 amide bonds. The molecule has 0 radical (unpaired) electrons. The van der Waals surface area contributed by atoms with Crippen molar-refractivity contribution >= 4 is 7.82 Å². The summed E-state index contributed by atoms with van der Waals surface area (Å²) in [5, 5.41) is 0. The number of hydrogen-bond acceptors (Lipinski definition) is 5. The van der Waals surface area contributed by atoms with Crippen LogP contribution in [-0.4, -0.2) is 58.6 Å². The number of nitrogens with zero attached hydrogens (tertiary/aromatic N) is 1. The molecule has 2 unspecified atom stereocenters. The molecule has 0 aliphatic carbocycles. The summed E-state index contributed by atoms with van der Waals surface area (Å²) in [6.07, 6.45) is 22.1. The van der Waals surface area contributed by atoms with Crippen LogP contribution in [0.4, 0.5) is 0 Å². The van der Waals surface area contributed by atoms with Crippen LogP contribution in [0, 0.1) is 0 Å². The first-order valence-electron chi connectivity index (χ1n) is 13.6. The summed E-state index contributed by atoms with van der Waals surface area (Å²) in [7, 11) is 3.30. The van der Waals surface area contributed by atoms with Gasteiger partial charge in [0.05, 0.1) is 33.9 Å². The first-order valence-corrected chi connectivity index (χ1v) is 15.1. The van der Waals surface area contributed by atoms with Gasteiger partial charge in [-0.1, -0.05) is 110 Å². The quantitative estimate of drug-likeness (QED) is 0.0789. The van der Waals surface area contributed by atoms with Gasteiger partial charge in [0.15, 0.2) is 0 Å². The molecule has 2 atom stereocenters. The lowest BCUT2D eigenvalue weighted by molar-refractivity contribution is -0.870. The van der Waals surface area contributed by atoms with Gasteiger partial charge in [0.25, 0.3) is 7.82 Å². The molecule has 0 rings (SSSR count). The van der Waals surface area contributed by atoms with Crippen LogP contribution in [0.2, 0.25) is 0 Å². The van der Waals surface area contributed by atoms with E-state index in [1.807, 2.05) is 21.1 Å². The predicted octanol–water partition coefficient (Wildman–Crippen LogP) is 6.86. The number of hydrogen-bond donors (Lipinski definition) is 0. The van der Waals surface area contributed by atoms with E-state index in [4.69, 9.17) is 13.8 Å². The summed E-state index contributed by atoms with van der Waals surface area (Å²) < 4.78 is 27.9. The fourth-order valence-corrected chi connectivity index (χ4v) is 4.56. The molecule has 0 saturated carbocycles. The average molecular weight is 494 g/mol. The third kappa shape index (κ3) is 24.9. The Morgan fingerprint density at radius 1 is 0.727 bits per heavy atom. The summed E-state index contributed by atoms with van der Waals surface area (Å²) in [5.74, 6) is 0. The lowest BCUT2D eigenvalue weighted by Crippen LogP contribution is -2.37. The first-order chi connectivity index (χ1) is 15.7. The van der Waals surface area contributed by atoms with Crippen LogP contribution in [0.25, 0.3) is 0 Å². The Hall–Kier alpha value is 0.0300. The van der Waals surface area contributed by atoms with Crippen molar-refractivity contribution in [3.63, 3.8) is 0 Å². The molecule has 0 fully saturated rings. The molecule has 200 valence electrons. The highest BCUT2D eigenvalue weighted by Crippen LogP contribution is 2.38. The van der Waals surface area contributed by atoms with Crippen molar-refractivity contribution in [3.05, 3.63) is 0 Å². The van der Waals surface area contributed by atoms with E-state index in [0.29, 0.717) is 11.0 Å². The molecule has 33 heavy (non-hydrogen) atoms. The minimum atomic E-state index is -4.26. The Morgan fingerprint density at radius 2 is 1.15 bits per heavy atom. The maximum absolute atomic E-state index is 11.9. The van der Waals surface area contributed by atoms with Crippen molar-refractivity contribution in [2.45, 2.75) is 122 Å². The van der Waals surface area contributed by atoms with Gasteiger partial charge in [-0.2, -0.15) is 0 Å². The molecule has 0 saturated heterocycles. The molecular weight excluding hydrogens is 437 g/mol. The molecule has 0 aromatic rings. The second-order valence-electron chi connectivity index (χ2n) is 10.5. The van der Waals surface area contributed by atoms with Crippen molar-refractivity contribution in [1.82, 2.24) is 0 Å². The average Bonchev–Trinajstić information content (AvgIpc) is 2.74. The van der Waals surface area contributed by atoms with Crippen molar-refractivity contribution in [3.8, 4) is 0 Å². The second kappa shape index (κ2) is 21.3. The summed E-state index contributed by atoms with van der Waals surface area (Å²) in [6, 6.07) is 0. The third-order valence-corrected chi connectivity index (χ3v) is 7.11. The van der Waals surface area contributed by atoms with Crippen LogP contribution in [0.5, 0.6) is 0 Å². The van der Waals surface area contributed by atoms with Crippen LogP contribution >= 0.6 is 7.82 Å². The van der Waals surface area contributed by atoms with E-state index in [0.717, 1.165) is 19.3 Å². The Bertz CT molecular complexity index is 470. The summed E-state index contributed by atoms with van der Waals surface area (Å²) in [6.45, 7) is 3.03. The molecule has 0 aromatic heterocycles. The lowest BCUT2D eigenvalue weighted by Gasteiger charge is -2.28. The molecule has 7 heteroatoms. The maximum Gasteiger partial charge on any atom is 0.268 e. The van der Waals surface area contributed by atoms with E-state index in [9.17, 15) is 9.46 Å². The van der Waals surface area contributed by atoms with E-state index in [1.54, 1.807) is 7.11 Å². The SMILES string of the molecule is CCCCCCCCCCCCCCCCCCC(COP(=O)([O-])OCC[N+](C)(C)C)OC. The summed E-state index contributed by atoms with van der Waals surface area (Å²) in [4.78, 5) is 11.9. The van der Waals surface area contributed by atoms with Gasteiger partial charge in [-0.05, 0) is 6.42 Å². The van der Waals surface area contributed by atoms with Crippen LogP contribution in [-0.2, 0) is 18.3 Å². The van der Waals surface area contributed by atoms with Gasteiger partial charge in [-0.15, -0.1) is 0 Å². The van der Waals surface area contributed by atoms with Crippen molar-refractivity contribution in [1.29, 1.82) is 0 Å². The van der Waals surface area contributed by atoms with E-state index in [-0.39, 0.29) is 19.3 Å². The van der Waals surface area contributed by atoms with Gasteiger partial charge < -0.3 is 23.2 Å². The highest BCUT2D eigenvalue weighted by molar-refractivity contribution is 7.45. The highest BCUT2D eigenvalue weighted by atomic mass is 31.2. The zero-order valence-corrected chi connectivity index (χ0v) is 23.5. The van der Waals surface area contributed by atoms with Crippen LogP contribution in [0.3, 0.4) is 0 Å². The Morgan fingerprint density at radius 3 is 1.55 bits per heavy atom. The van der Waals surface area contributed by atoms with Crippen LogP contribution in [0.1, 0.15) is 116 Å². The molecule has 6 nitrogen and oxygen atoms in total. The molecular formula is C26H56NO5P. The monoisotopic (exact) mass is 493 g/mol. The molecule has 0 N–H and O–H groups in total. The minimum Gasteiger partial charge on any atom is -0.756 e. The smallest absolute Gasteiger partial charge is 0.268 e. The lowest BCUT2D eigenvalue weighted by atomic mass is 10.0. The molecule has 0 spiro atoms. The number of phosphoric ester groups is 1. The maximum atomic E-state index is 11.9. The standard InChI is InChI=1S/C26H56NO5P/c1-6-7-8-9-10-11-12-13-14-15-16-17-18-19-20-21-22-26(30-5)25-32-33(28,29)31-24-23-27(2,3)4/h26H,6-25H2,1-5H3. The summed E-state index contributed by atoms with van der Waals surface area (Å²) >= 11 is 0. The Labute approximate surface area is 206 Å². The number of phosphoric acid groups is 1. The van der Waals surface area contributed by atoms with Crippen molar-refractivity contribution in [2.75, 3.05) is 48.0 Å². The summed E-state index contributed by atoms with van der Waals surface area (Å²) in [5.41, 5.74) is 0. The zero-order valence-electron chi connectivity index (χ0n) is 22.7. The van der Waals surface area contributed by atoms with Gasteiger partial charge in [0, 0.05) is 7.11 Å². The number of unbranched alkanes of at least 4 members (excludes halogenated alkanes) is 15. The van der Waals surface area contributed by atoms with E-state index in [2.05, 4.69) is 6.92 Å². The van der Waals surface area contributed by atoms with Crippen LogP contribution in [0.15, 0.2) is 0 Å². The van der Waals surface area contributed by atoms with Gasteiger partial charge in [-0.25, -0.2) is 0 Å². The largest absolute Gasteiger partial charge is 0.756 e. The number of methoxy groups -OCH3 is 1. The number of likely N-dealkylation sites (N-methyl/N-ethyl adjacent to an activating group) is 1. The van der Waals surface area contributed by atoms with E-state index >= 15 is 0 Å². The first kappa shape index (κ1) is 33.0. The van der Waals surface area contributed by atoms with Gasteiger partial charge >= 0.3 is 0 Å². The predicted molar refractivity (Wildman–Crippen MR) is 137 cm³/mol. The fraction of sp³-hybridized carbons (Fsp3) is 1.00. The van der Waals surface area contributed by atoms with Gasteiger partial charge in [-0.3, -0.25) is 4.57 Å². The number of quaternary nitrogens is 1. The molecule has 0 aromatic carbocycles. The van der Waals surface area contributed by atoms with Crippen LogP contribution < -0.4 is 4.89 Å². The third-order valence-electron chi connectivity index (χ3n) is 6.14.